The second-order valence-corrected chi connectivity index (χ2v) is 5.57. The number of nitriles is 1. The minimum atomic E-state index is 0.0499. The third-order valence-corrected chi connectivity index (χ3v) is 2.32. The van der Waals surface area contributed by atoms with E-state index < -0.39 is 0 Å². The Morgan fingerprint density at radius 3 is 2.40 bits per heavy atom. The predicted molar refractivity (Wildman–Crippen MR) is 66.7 cm³/mol. The Kier molecular flexibility index (Phi) is 7.50. The number of hydrogen-bond donors (Lipinski definition) is 0. The van der Waals surface area contributed by atoms with Gasteiger partial charge in [0, 0.05) is 5.92 Å². The molecule has 0 rings (SSSR count). The molecular formula is C12H20BrNO. The van der Waals surface area contributed by atoms with Gasteiger partial charge >= 0.3 is 0 Å². The third kappa shape index (κ3) is 7.44. The molecule has 0 saturated carbocycles. The Morgan fingerprint density at radius 2 is 2.00 bits per heavy atom. The molecule has 2 nitrogen and oxygen atoms in total. The molecular weight excluding hydrogens is 254 g/mol. The third-order valence-electron chi connectivity index (χ3n) is 1.87. The molecule has 3 heteroatoms. The molecule has 0 heterocycles. The average Bonchev–Trinajstić information content (AvgIpc) is 2.16. The summed E-state index contributed by atoms with van der Waals surface area (Å²) in [7, 11) is 0. The first-order valence-corrected chi connectivity index (χ1v) is 6.25. The van der Waals surface area contributed by atoms with Gasteiger partial charge in [-0.25, -0.2) is 0 Å². The monoisotopic (exact) mass is 273 g/mol. The van der Waals surface area contributed by atoms with Crippen molar-refractivity contribution < 1.29 is 4.74 Å². The minimum Gasteiger partial charge on any atom is -0.497 e. The maximum absolute atomic E-state index is 8.67. The lowest BCUT2D eigenvalue weighted by Gasteiger charge is -2.14. The van der Waals surface area contributed by atoms with Crippen molar-refractivity contribution in [2.45, 2.75) is 38.9 Å². The summed E-state index contributed by atoms with van der Waals surface area (Å²) in [6, 6.07) is 2.21. The summed E-state index contributed by atoms with van der Waals surface area (Å²) in [5.41, 5.74) is 0. The highest BCUT2D eigenvalue weighted by atomic mass is 79.9. The Morgan fingerprint density at radius 1 is 1.40 bits per heavy atom. The number of allylic oxidation sites excluding steroid dienone is 2. The van der Waals surface area contributed by atoms with Crippen molar-refractivity contribution in [3.8, 4) is 6.07 Å². The lowest BCUT2D eigenvalue weighted by Crippen LogP contribution is -2.08. The van der Waals surface area contributed by atoms with Crippen molar-refractivity contribution in [1.82, 2.24) is 0 Å². The second kappa shape index (κ2) is 7.76. The van der Waals surface area contributed by atoms with E-state index in [-0.39, 0.29) is 10.7 Å². The fraction of sp³-hybridized carbons (Fsp3) is 0.750. The zero-order chi connectivity index (χ0) is 11.8. The molecule has 0 radical (unpaired) electrons. The highest BCUT2D eigenvalue weighted by Crippen LogP contribution is 2.16. The number of ether oxygens (including phenoxy) is 1. The lowest BCUT2D eigenvalue weighted by molar-refractivity contribution is 0.174. The van der Waals surface area contributed by atoms with Crippen LogP contribution in [0.2, 0.25) is 0 Å². The normalized spacial score (nSPS) is 15.9. The van der Waals surface area contributed by atoms with Gasteiger partial charge in [0.2, 0.25) is 0 Å². The van der Waals surface area contributed by atoms with Crippen LogP contribution in [-0.4, -0.2) is 11.4 Å². The summed E-state index contributed by atoms with van der Waals surface area (Å²) in [5, 5.41) is 8.67. The van der Waals surface area contributed by atoms with Crippen LogP contribution in [0.15, 0.2) is 11.8 Å². The van der Waals surface area contributed by atoms with Gasteiger partial charge in [0.25, 0.3) is 0 Å². The van der Waals surface area contributed by atoms with Gasteiger partial charge in [-0.05, 0) is 32.3 Å². The van der Waals surface area contributed by atoms with E-state index in [2.05, 4.69) is 35.8 Å². The molecule has 15 heavy (non-hydrogen) atoms. The molecule has 0 fully saturated rings. The van der Waals surface area contributed by atoms with Crippen LogP contribution >= 0.6 is 15.9 Å². The first kappa shape index (κ1) is 14.5. The van der Waals surface area contributed by atoms with Gasteiger partial charge in [0.05, 0.1) is 17.5 Å². The van der Waals surface area contributed by atoms with Crippen LogP contribution < -0.4 is 0 Å². The Labute approximate surface area is 101 Å². The SMILES string of the molecule is CC(C)CO/C(=C/CC(C)C#N)[C@H](C)Br. The molecule has 2 atom stereocenters. The van der Waals surface area contributed by atoms with Crippen LogP contribution in [0.5, 0.6) is 0 Å². The average molecular weight is 274 g/mol. The standard InChI is InChI=1S/C12H20BrNO/c1-9(2)8-15-12(11(4)13)6-5-10(3)7-14/h6,9-11H,5,8H2,1-4H3/b12-6+/t10?,11-/m0/s1. The topological polar surface area (TPSA) is 33.0 Å². The molecule has 0 N–H and O–H groups in total. The fourth-order valence-corrected chi connectivity index (χ4v) is 1.26. The predicted octanol–water partition coefficient (Wildman–Crippen LogP) is 3.88. The van der Waals surface area contributed by atoms with E-state index in [1.165, 1.54) is 0 Å². The van der Waals surface area contributed by atoms with E-state index >= 15 is 0 Å². The van der Waals surface area contributed by atoms with Gasteiger partial charge in [0.1, 0.15) is 5.76 Å². The quantitative estimate of drug-likeness (QED) is 0.544. The van der Waals surface area contributed by atoms with E-state index in [0.29, 0.717) is 5.92 Å². The number of hydrogen-bond acceptors (Lipinski definition) is 2. The molecule has 0 aromatic rings. The van der Waals surface area contributed by atoms with Crippen LogP contribution in [0.1, 0.15) is 34.1 Å². The highest BCUT2D eigenvalue weighted by molar-refractivity contribution is 9.09. The van der Waals surface area contributed by atoms with E-state index in [1.807, 2.05) is 19.9 Å². The molecule has 0 aliphatic rings. The summed E-state index contributed by atoms with van der Waals surface area (Å²) < 4.78 is 5.66. The smallest absolute Gasteiger partial charge is 0.105 e. The molecule has 0 aromatic carbocycles. The molecule has 0 saturated heterocycles. The van der Waals surface area contributed by atoms with Crippen molar-refractivity contribution in [1.29, 1.82) is 5.26 Å². The summed E-state index contributed by atoms with van der Waals surface area (Å²) in [6.07, 6.45) is 2.76. The van der Waals surface area contributed by atoms with Gasteiger partial charge in [0.15, 0.2) is 0 Å². The number of alkyl halides is 1. The first-order valence-electron chi connectivity index (χ1n) is 5.33. The van der Waals surface area contributed by atoms with Crippen molar-refractivity contribution >= 4 is 15.9 Å². The molecule has 0 aliphatic carbocycles. The molecule has 0 spiro atoms. The van der Waals surface area contributed by atoms with Crippen molar-refractivity contribution in [2.75, 3.05) is 6.61 Å². The van der Waals surface area contributed by atoms with Crippen LogP contribution in [0.3, 0.4) is 0 Å². The number of rotatable bonds is 6. The van der Waals surface area contributed by atoms with E-state index in [1.54, 1.807) is 0 Å². The lowest BCUT2D eigenvalue weighted by atomic mass is 10.1. The van der Waals surface area contributed by atoms with Crippen LogP contribution in [0.25, 0.3) is 0 Å². The van der Waals surface area contributed by atoms with Gasteiger partial charge in [-0.3, -0.25) is 0 Å². The zero-order valence-corrected chi connectivity index (χ0v) is 11.5. The fourth-order valence-electron chi connectivity index (χ4n) is 0.945. The number of nitrogens with zero attached hydrogens (tertiary/aromatic N) is 1. The Hall–Kier alpha value is -0.490. The van der Waals surface area contributed by atoms with E-state index in [9.17, 15) is 0 Å². The van der Waals surface area contributed by atoms with Gasteiger partial charge < -0.3 is 4.74 Å². The maximum atomic E-state index is 8.67. The highest BCUT2D eigenvalue weighted by Gasteiger charge is 2.08. The summed E-state index contributed by atoms with van der Waals surface area (Å²) in [5.74, 6) is 1.51. The van der Waals surface area contributed by atoms with Gasteiger partial charge in [-0.15, -0.1) is 0 Å². The zero-order valence-electron chi connectivity index (χ0n) is 9.96. The molecule has 86 valence electrons. The van der Waals surface area contributed by atoms with Crippen molar-refractivity contribution in [2.24, 2.45) is 11.8 Å². The molecule has 0 aliphatic heterocycles. The summed E-state index contributed by atoms with van der Waals surface area (Å²) >= 11 is 3.49. The first-order chi connectivity index (χ1) is 6.97. The van der Waals surface area contributed by atoms with Crippen molar-refractivity contribution in [3.63, 3.8) is 0 Å². The van der Waals surface area contributed by atoms with Crippen LogP contribution in [0, 0.1) is 23.2 Å². The molecule has 0 aromatic heterocycles. The molecule has 1 unspecified atom stereocenters. The van der Waals surface area contributed by atoms with Gasteiger partial charge in [-0.1, -0.05) is 29.8 Å². The number of halogens is 1. The van der Waals surface area contributed by atoms with Crippen molar-refractivity contribution in [3.05, 3.63) is 11.8 Å². The van der Waals surface area contributed by atoms with E-state index in [0.717, 1.165) is 18.8 Å². The summed E-state index contributed by atoms with van der Waals surface area (Å²) in [4.78, 5) is 0.210. The Bertz CT molecular complexity index is 240. The summed E-state index contributed by atoms with van der Waals surface area (Å²) in [6.45, 7) is 8.91. The molecule has 0 bridgehead atoms. The minimum absolute atomic E-state index is 0.0499. The Balaban J connectivity index is 4.21. The molecule has 0 amide bonds. The van der Waals surface area contributed by atoms with E-state index in [4.69, 9.17) is 10.00 Å². The largest absolute Gasteiger partial charge is 0.497 e. The second-order valence-electron chi connectivity index (χ2n) is 4.19. The maximum Gasteiger partial charge on any atom is 0.105 e. The van der Waals surface area contributed by atoms with Crippen LogP contribution in [0.4, 0.5) is 0 Å². The van der Waals surface area contributed by atoms with Gasteiger partial charge in [-0.2, -0.15) is 5.26 Å². The van der Waals surface area contributed by atoms with Crippen LogP contribution in [-0.2, 0) is 4.74 Å².